The smallest absolute Gasteiger partial charge is 0.407 e. The van der Waals surface area contributed by atoms with Gasteiger partial charge in [0.05, 0.1) is 5.41 Å². The molecular weight excluding hydrogens is 294 g/mol. The monoisotopic (exact) mass is 319 g/mol. The van der Waals surface area contributed by atoms with Crippen LogP contribution in [-0.2, 0) is 16.1 Å². The molecular formula is C18H25NO4. The lowest BCUT2D eigenvalue weighted by Gasteiger charge is -2.36. The van der Waals surface area contributed by atoms with E-state index in [0.29, 0.717) is 18.8 Å². The van der Waals surface area contributed by atoms with Crippen molar-refractivity contribution in [3.63, 3.8) is 0 Å². The van der Waals surface area contributed by atoms with Gasteiger partial charge in [0.1, 0.15) is 6.61 Å². The molecule has 5 heteroatoms. The fourth-order valence-corrected chi connectivity index (χ4v) is 3.12. The third-order valence-corrected chi connectivity index (χ3v) is 4.88. The molecule has 0 radical (unpaired) electrons. The van der Waals surface area contributed by atoms with Crippen molar-refractivity contribution in [2.75, 3.05) is 6.54 Å². The van der Waals surface area contributed by atoms with Crippen molar-refractivity contribution in [3.05, 3.63) is 35.9 Å². The maximum absolute atomic E-state index is 11.8. The van der Waals surface area contributed by atoms with Crippen LogP contribution < -0.4 is 5.32 Å². The van der Waals surface area contributed by atoms with E-state index in [1.54, 1.807) is 0 Å². The highest BCUT2D eigenvalue weighted by atomic mass is 16.5. The summed E-state index contributed by atoms with van der Waals surface area (Å²) >= 11 is 0. The lowest BCUT2D eigenvalue weighted by atomic mass is 9.70. The molecule has 2 rings (SSSR count). The fraction of sp³-hybridized carbons (Fsp3) is 0.556. The van der Waals surface area contributed by atoms with Gasteiger partial charge in [-0.2, -0.15) is 0 Å². The second-order valence-corrected chi connectivity index (χ2v) is 6.35. The Morgan fingerprint density at radius 2 is 1.91 bits per heavy atom. The first kappa shape index (κ1) is 17.3. The molecule has 1 aromatic carbocycles. The first-order valence-electron chi connectivity index (χ1n) is 8.23. The highest BCUT2D eigenvalue weighted by Gasteiger charge is 2.41. The summed E-state index contributed by atoms with van der Waals surface area (Å²) in [5, 5.41) is 12.2. The van der Waals surface area contributed by atoms with Gasteiger partial charge in [0.2, 0.25) is 0 Å². The molecule has 0 atom stereocenters. The number of hydrogen-bond donors (Lipinski definition) is 2. The molecule has 0 aromatic heterocycles. The molecule has 0 spiro atoms. The van der Waals surface area contributed by atoms with Crippen molar-refractivity contribution in [2.24, 2.45) is 11.3 Å². The number of carboxylic acids is 1. The van der Waals surface area contributed by atoms with Crippen LogP contribution in [0.3, 0.4) is 0 Å². The van der Waals surface area contributed by atoms with Crippen LogP contribution in [0.5, 0.6) is 0 Å². The van der Waals surface area contributed by atoms with Crippen molar-refractivity contribution < 1.29 is 19.4 Å². The van der Waals surface area contributed by atoms with Crippen molar-refractivity contribution in [1.29, 1.82) is 0 Å². The normalized spacial score (nSPS) is 24.0. The topological polar surface area (TPSA) is 75.6 Å². The molecule has 1 fully saturated rings. The van der Waals surface area contributed by atoms with E-state index >= 15 is 0 Å². The minimum absolute atomic E-state index is 0.131. The average molecular weight is 319 g/mol. The van der Waals surface area contributed by atoms with Gasteiger partial charge in [-0.25, -0.2) is 4.79 Å². The van der Waals surface area contributed by atoms with Crippen LogP contribution in [0.15, 0.2) is 30.3 Å². The number of benzene rings is 1. The molecule has 1 aliphatic carbocycles. The van der Waals surface area contributed by atoms with Crippen molar-refractivity contribution in [1.82, 2.24) is 5.32 Å². The third kappa shape index (κ3) is 4.71. The minimum Gasteiger partial charge on any atom is -0.481 e. The number of carboxylic acid groups (broad SMARTS) is 1. The molecule has 2 N–H and O–H groups in total. The molecule has 1 saturated carbocycles. The summed E-state index contributed by atoms with van der Waals surface area (Å²) in [6.45, 7) is 2.45. The SMILES string of the molecule is CCC1CCC(CNC(=O)OCc2ccccc2)(C(=O)O)CC1. The number of ether oxygens (including phenoxy) is 1. The quantitative estimate of drug-likeness (QED) is 0.840. The summed E-state index contributed by atoms with van der Waals surface area (Å²) in [6, 6.07) is 9.40. The minimum atomic E-state index is -0.850. The summed E-state index contributed by atoms with van der Waals surface area (Å²) in [5.74, 6) is -0.220. The molecule has 1 aliphatic rings. The van der Waals surface area contributed by atoms with Crippen molar-refractivity contribution >= 4 is 12.1 Å². The number of rotatable bonds is 6. The zero-order valence-electron chi connectivity index (χ0n) is 13.6. The molecule has 23 heavy (non-hydrogen) atoms. The number of hydrogen-bond acceptors (Lipinski definition) is 3. The van der Waals surface area contributed by atoms with Gasteiger partial charge in [-0.05, 0) is 37.2 Å². The second kappa shape index (κ2) is 7.99. The van der Waals surface area contributed by atoms with Gasteiger partial charge in [0, 0.05) is 6.54 Å². The second-order valence-electron chi connectivity index (χ2n) is 6.35. The van der Waals surface area contributed by atoms with Gasteiger partial charge in [0.15, 0.2) is 0 Å². The van der Waals surface area contributed by atoms with E-state index in [1.165, 1.54) is 0 Å². The van der Waals surface area contributed by atoms with Crippen LogP contribution in [0, 0.1) is 11.3 Å². The van der Waals surface area contributed by atoms with Gasteiger partial charge >= 0.3 is 12.1 Å². The average Bonchev–Trinajstić information content (AvgIpc) is 2.59. The van der Waals surface area contributed by atoms with E-state index in [4.69, 9.17) is 4.74 Å². The summed E-state index contributed by atoms with van der Waals surface area (Å²) < 4.78 is 5.14. The number of nitrogens with one attached hydrogen (secondary N) is 1. The summed E-state index contributed by atoms with van der Waals surface area (Å²) in [5.41, 5.74) is 0.0521. The first-order valence-corrected chi connectivity index (χ1v) is 8.23. The number of alkyl carbamates (subject to hydrolysis) is 1. The van der Waals surface area contributed by atoms with Crippen LogP contribution in [0.4, 0.5) is 4.79 Å². The van der Waals surface area contributed by atoms with Crippen LogP contribution in [0.25, 0.3) is 0 Å². The Labute approximate surface area is 137 Å². The maximum atomic E-state index is 11.8. The fourth-order valence-electron chi connectivity index (χ4n) is 3.12. The van der Waals surface area contributed by atoms with Gasteiger partial charge in [-0.1, -0.05) is 43.7 Å². The standard InChI is InChI=1S/C18H25NO4/c1-2-14-8-10-18(11-9-14,16(20)21)13-19-17(22)23-12-15-6-4-3-5-7-15/h3-7,14H,2,8-13H2,1H3,(H,19,22)(H,20,21). The van der Waals surface area contributed by atoms with E-state index in [0.717, 1.165) is 24.8 Å². The zero-order chi connectivity index (χ0) is 16.7. The molecule has 5 nitrogen and oxygen atoms in total. The van der Waals surface area contributed by atoms with Crippen LogP contribution >= 0.6 is 0 Å². The summed E-state index contributed by atoms with van der Waals surface area (Å²) in [7, 11) is 0. The van der Waals surface area contributed by atoms with Crippen LogP contribution in [0.2, 0.25) is 0 Å². The Hall–Kier alpha value is -2.04. The van der Waals surface area contributed by atoms with Crippen molar-refractivity contribution in [3.8, 4) is 0 Å². The zero-order valence-corrected chi connectivity index (χ0v) is 13.6. The largest absolute Gasteiger partial charge is 0.481 e. The third-order valence-electron chi connectivity index (χ3n) is 4.88. The lowest BCUT2D eigenvalue weighted by Crippen LogP contribution is -2.45. The predicted molar refractivity (Wildman–Crippen MR) is 86.9 cm³/mol. The Kier molecular flexibility index (Phi) is 6.02. The maximum Gasteiger partial charge on any atom is 0.407 e. The molecule has 1 amide bonds. The lowest BCUT2D eigenvalue weighted by molar-refractivity contribution is -0.151. The molecule has 0 aliphatic heterocycles. The van der Waals surface area contributed by atoms with Crippen LogP contribution in [0.1, 0.15) is 44.6 Å². The molecule has 1 aromatic rings. The van der Waals surface area contributed by atoms with Crippen LogP contribution in [-0.4, -0.2) is 23.7 Å². The first-order chi connectivity index (χ1) is 11.1. The summed E-state index contributed by atoms with van der Waals surface area (Å²) in [4.78, 5) is 23.5. The van der Waals surface area contributed by atoms with Gasteiger partial charge in [-0.15, -0.1) is 0 Å². The van der Waals surface area contributed by atoms with Crippen molar-refractivity contribution in [2.45, 2.75) is 45.6 Å². The molecule has 0 saturated heterocycles. The van der Waals surface area contributed by atoms with Gasteiger partial charge < -0.3 is 15.2 Å². The molecule has 0 unspecified atom stereocenters. The molecule has 126 valence electrons. The predicted octanol–water partition coefficient (Wildman–Crippen LogP) is 3.58. The molecule has 0 bridgehead atoms. The Morgan fingerprint density at radius 3 is 2.48 bits per heavy atom. The van der Waals surface area contributed by atoms with E-state index < -0.39 is 17.5 Å². The van der Waals surface area contributed by atoms with Gasteiger partial charge in [-0.3, -0.25) is 4.79 Å². The highest BCUT2D eigenvalue weighted by Crippen LogP contribution is 2.40. The number of amides is 1. The van der Waals surface area contributed by atoms with E-state index in [2.05, 4.69) is 12.2 Å². The van der Waals surface area contributed by atoms with Gasteiger partial charge in [0.25, 0.3) is 0 Å². The summed E-state index contributed by atoms with van der Waals surface area (Å²) in [6.07, 6.45) is 3.56. The number of carbonyl (C=O) groups is 2. The number of aliphatic carboxylic acids is 1. The Balaban J connectivity index is 1.82. The Morgan fingerprint density at radius 1 is 1.26 bits per heavy atom. The Bertz CT molecular complexity index is 521. The molecule has 0 heterocycles. The highest BCUT2D eigenvalue weighted by molar-refractivity contribution is 5.76. The van der Waals surface area contributed by atoms with E-state index in [-0.39, 0.29) is 13.2 Å². The number of carbonyl (C=O) groups excluding carboxylic acids is 1. The van der Waals surface area contributed by atoms with E-state index in [1.807, 2.05) is 30.3 Å². The van der Waals surface area contributed by atoms with E-state index in [9.17, 15) is 14.7 Å².